The van der Waals surface area contributed by atoms with Crippen LogP contribution in [0, 0.1) is 0 Å². The molecule has 2 rings (SSSR count). The van der Waals surface area contributed by atoms with Crippen LogP contribution in [0.1, 0.15) is 11.8 Å². The van der Waals surface area contributed by atoms with Crippen LogP contribution < -0.4 is 10.7 Å². The standard InChI is InChI=1S/C16H18N4O4S2/c1-12(21)18-13-5-7-15(8-6-13)26(23,24)20(2)11-16(22)19-17-10-14-4-3-9-25-14/h3-10H,11H2,1-2H3,(H,18,21)(H,19,22). The van der Waals surface area contributed by atoms with E-state index < -0.39 is 15.9 Å². The average molecular weight is 394 g/mol. The molecule has 0 bridgehead atoms. The van der Waals surface area contributed by atoms with Gasteiger partial charge in [-0.3, -0.25) is 9.59 Å². The molecule has 0 unspecified atom stereocenters. The largest absolute Gasteiger partial charge is 0.326 e. The van der Waals surface area contributed by atoms with Gasteiger partial charge in [0.05, 0.1) is 17.7 Å². The number of anilines is 1. The highest BCUT2D eigenvalue weighted by Gasteiger charge is 2.22. The van der Waals surface area contributed by atoms with Crippen LogP contribution in [0.25, 0.3) is 0 Å². The predicted molar refractivity (Wildman–Crippen MR) is 101 cm³/mol. The zero-order valence-corrected chi connectivity index (χ0v) is 15.8. The summed E-state index contributed by atoms with van der Waals surface area (Å²) in [4.78, 5) is 23.7. The fourth-order valence-electron chi connectivity index (χ4n) is 1.95. The molecule has 0 atom stereocenters. The van der Waals surface area contributed by atoms with Gasteiger partial charge in [0.15, 0.2) is 0 Å². The van der Waals surface area contributed by atoms with Gasteiger partial charge in [-0.1, -0.05) is 6.07 Å². The van der Waals surface area contributed by atoms with Crippen molar-refractivity contribution in [3.05, 3.63) is 46.7 Å². The van der Waals surface area contributed by atoms with E-state index in [-0.39, 0.29) is 17.3 Å². The number of thiophene rings is 1. The molecule has 0 saturated heterocycles. The molecule has 0 aliphatic rings. The van der Waals surface area contributed by atoms with Gasteiger partial charge in [0, 0.05) is 24.5 Å². The molecule has 2 amide bonds. The van der Waals surface area contributed by atoms with Gasteiger partial charge >= 0.3 is 0 Å². The molecule has 1 aromatic carbocycles. The minimum atomic E-state index is -3.84. The second kappa shape index (κ2) is 8.70. The quantitative estimate of drug-likeness (QED) is 0.548. The van der Waals surface area contributed by atoms with E-state index in [9.17, 15) is 18.0 Å². The molecule has 1 aromatic heterocycles. The second-order valence-electron chi connectivity index (χ2n) is 5.28. The lowest BCUT2D eigenvalue weighted by Crippen LogP contribution is -2.36. The van der Waals surface area contributed by atoms with Gasteiger partial charge in [0.2, 0.25) is 15.9 Å². The van der Waals surface area contributed by atoms with Crippen LogP contribution in [-0.4, -0.2) is 44.3 Å². The molecule has 0 fully saturated rings. The maximum absolute atomic E-state index is 12.5. The Morgan fingerprint density at radius 2 is 1.92 bits per heavy atom. The van der Waals surface area contributed by atoms with Crippen LogP contribution >= 0.6 is 11.3 Å². The summed E-state index contributed by atoms with van der Waals surface area (Å²) in [6, 6.07) is 9.38. The molecule has 0 saturated carbocycles. The number of rotatable bonds is 7. The van der Waals surface area contributed by atoms with Gasteiger partial charge < -0.3 is 5.32 Å². The molecule has 1 heterocycles. The predicted octanol–water partition coefficient (Wildman–Crippen LogP) is 1.48. The summed E-state index contributed by atoms with van der Waals surface area (Å²) in [5.41, 5.74) is 2.78. The summed E-state index contributed by atoms with van der Waals surface area (Å²) in [6.07, 6.45) is 1.48. The number of hydrazone groups is 1. The number of hydrogen-bond acceptors (Lipinski definition) is 6. The van der Waals surface area contributed by atoms with Gasteiger partial charge in [-0.25, -0.2) is 13.8 Å². The fraction of sp³-hybridized carbons (Fsp3) is 0.188. The third-order valence-corrected chi connectivity index (χ3v) is 5.80. The molecular weight excluding hydrogens is 376 g/mol. The summed E-state index contributed by atoms with van der Waals surface area (Å²) in [7, 11) is -2.53. The number of nitrogens with zero attached hydrogens (tertiary/aromatic N) is 2. The van der Waals surface area contributed by atoms with Gasteiger partial charge in [-0.15, -0.1) is 11.3 Å². The van der Waals surface area contributed by atoms with Crippen molar-refractivity contribution in [2.45, 2.75) is 11.8 Å². The molecule has 0 aliphatic carbocycles. The fourth-order valence-corrected chi connectivity index (χ4v) is 3.66. The lowest BCUT2D eigenvalue weighted by molar-refractivity contribution is -0.121. The Bertz CT molecular complexity index is 891. The SMILES string of the molecule is CC(=O)Nc1ccc(S(=O)(=O)N(C)CC(=O)NN=Cc2cccs2)cc1. The van der Waals surface area contributed by atoms with Crippen LogP contribution in [0.3, 0.4) is 0 Å². The lowest BCUT2D eigenvalue weighted by Gasteiger charge is -2.16. The smallest absolute Gasteiger partial charge is 0.255 e. The molecule has 2 N–H and O–H groups in total. The summed E-state index contributed by atoms with van der Waals surface area (Å²) in [6.45, 7) is 0.982. The first-order valence-corrected chi connectivity index (χ1v) is 9.80. The van der Waals surface area contributed by atoms with Crippen LogP contribution in [0.2, 0.25) is 0 Å². The normalized spacial score (nSPS) is 11.7. The third-order valence-electron chi connectivity index (χ3n) is 3.17. The van der Waals surface area contributed by atoms with Crippen molar-refractivity contribution in [3.63, 3.8) is 0 Å². The number of carbonyl (C=O) groups excluding carboxylic acids is 2. The number of likely N-dealkylation sites (N-methyl/N-ethyl adjacent to an activating group) is 1. The Balaban J connectivity index is 1.97. The van der Waals surface area contributed by atoms with E-state index >= 15 is 0 Å². The van der Waals surface area contributed by atoms with E-state index in [1.807, 2.05) is 17.5 Å². The molecule has 2 aromatic rings. The highest BCUT2D eigenvalue weighted by atomic mass is 32.2. The molecule has 138 valence electrons. The Morgan fingerprint density at radius 3 is 2.50 bits per heavy atom. The van der Waals surface area contributed by atoms with Crippen molar-refractivity contribution in [2.75, 3.05) is 18.9 Å². The molecule has 0 spiro atoms. The molecule has 8 nitrogen and oxygen atoms in total. The third kappa shape index (κ3) is 5.48. The zero-order valence-electron chi connectivity index (χ0n) is 14.2. The molecular formula is C16H18N4O4S2. The first-order chi connectivity index (χ1) is 12.3. The number of benzene rings is 1. The molecule has 10 heteroatoms. The Morgan fingerprint density at radius 1 is 1.23 bits per heavy atom. The number of amides is 2. The van der Waals surface area contributed by atoms with Crippen LogP contribution in [0.5, 0.6) is 0 Å². The average Bonchev–Trinajstić information content (AvgIpc) is 3.08. The Hall–Kier alpha value is -2.56. The molecule has 26 heavy (non-hydrogen) atoms. The van der Waals surface area contributed by atoms with E-state index in [2.05, 4.69) is 15.8 Å². The number of sulfonamides is 1. The highest BCUT2D eigenvalue weighted by molar-refractivity contribution is 7.89. The van der Waals surface area contributed by atoms with Crippen molar-refractivity contribution in [1.82, 2.24) is 9.73 Å². The number of nitrogens with one attached hydrogen (secondary N) is 2. The highest BCUT2D eigenvalue weighted by Crippen LogP contribution is 2.17. The molecule has 0 aliphatic heterocycles. The lowest BCUT2D eigenvalue weighted by atomic mass is 10.3. The topological polar surface area (TPSA) is 108 Å². The van der Waals surface area contributed by atoms with E-state index in [0.717, 1.165) is 9.18 Å². The monoisotopic (exact) mass is 394 g/mol. The first kappa shape index (κ1) is 19.8. The molecule has 0 radical (unpaired) electrons. The zero-order chi connectivity index (χ0) is 19.2. The van der Waals surface area contributed by atoms with Crippen molar-refractivity contribution >= 4 is 45.1 Å². The summed E-state index contributed by atoms with van der Waals surface area (Å²) in [5, 5.41) is 8.21. The van der Waals surface area contributed by atoms with Crippen LogP contribution in [0.4, 0.5) is 5.69 Å². The number of hydrogen-bond donors (Lipinski definition) is 2. The van der Waals surface area contributed by atoms with Crippen LogP contribution in [-0.2, 0) is 19.6 Å². The van der Waals surface area contributed by atoms with Gasteiger partial charge in [-0.2, -0.15) is 9.41 Å². The Labute approximate surface area is 155 Å². The minimum Gasteiger partial charge on any atom is -0.326 e. The van der Waals surface area contributed by atoms with Crippen molar-refractivity contribution in [3.8, 4) is 0 Å². The van der Waals surface area contributed by atoms with Gasteiger partial charge in [0.25, 0.3) is 5.91 Å². The van der Waals surface area contributed by atoms with E-state index in [0.29, 0.717) is 5.69 Å². The summed E-state index contributed by atoms with van der Waals surface area (Å²) < 4.78 is 25.9. The number of carbonyl (C=O) groups is 2. The summed E-state index contributed by atoms with van der Waals surface area (Å²) >= 11 is 1.46. The van der Waals surface area contributed by atoms with Crippen LogP contribution in [0.15, 0.2) is 51.8 Å². The van der Waals surface area contributed by atoms with Gasteiger partial charge in [-0.05, 0) is 35.7 Å². The Kier molecular flexibility index (Phi) is 6.61. The summed E-state index contributed by atoms with van der Waals surface area (Å²) in [5.74, 6) is -0.809. The maximum atomic E-state index is 12.5. The minimum absolute atomic E-state index is 0.0176. The maximum Gasteiger partial charge on any atom is 0.255 e. The second-order valence-corrected chi connectivity index (χ2v) is 8.30. The van der Waals surface area contributed by atoms with E-state index in [4.69, 9.17) is 0 Å². The van der Waals surface area contributed by atoms with Crippen molar-refractivity contribution in [2.24, 2.45) is 5.10 Å². The van der Waals surface area contributed by atoms with E-state index in [1.54, 1.807) is 0 Å². The van der Waals surface area contributed by atoms with Crippen molar-refractivity contribution in [1.29, 1.82) is 0 Å². The van der Waals surface area contributed by atoms with Crippen molar-refractivity contribution < 1.29 is 18.0 Å². The van der Waals surface area contributed by atoms with E-state index in [1.165, 1.54) is 55.8 Å². The van der Waals surface area contributed by atoms with Gasteiger partial charge in [0.1, 0.15) is 0 Å². The first-order valence-electron chi connectivity index (χ1n) is 7.48.